The van der Waals surface area contributed by atoms with Crippen LogP contribution in [0.4, 0.5) is 4.39 Å². The molecule has 1 saturated heterocycles. The van der Waals surface area contributed by atoms with Crippen LogP contribution in [0.15, 0.2) is 52.0 Å². The summed E-state index contributed by atoms with van der Waals surface area (Å²) in [5.41, 5.74) is 1.64. The van der Waals surface area contributed by atoms with E-state index in [1.165, 1.54) is 22.5 Å². The van der Waals surface area contributed by atoms with Crippen LogP contribution in [0.1, 0.15) is 19.3 Å². The van der Waals surface area contributed by atoms with Crippen LogP contribution >= 0.6 is 27.5 Å². The molecule has 3 aromatic rings. The summed E-state index contributed by atoms with van der Waals surface area (Å²) in [6, 6.07) is 9.35. The Morgan fingerprint density at radius 2 is 1.97 bits per heavy atom. The van der Waals surface area contributed by atoms with Crippen molar-refractivity contribution in [2.24, 2.45) is 0 Å². The maximum Gasteiger partial charge on any atom is 0.244 e. The minimum Gasteiger partial charge on any atom is -0.392 e. The Hall–Kier alpha value is -1.78. The predicted octanol–water partition coefficient (Wildman–Crippen LogP) is 4.83. The Kier molecular flexibility index (Phi) is 6.50. The number of aromatic amines is 1. The molecule has 164 valence electrons. The summed E-state index contributed by atoms with van der Waals surface area (Å²) in [6.07, 6.45) is 2.96. The summed E-state index contributed by atoms with van der Waals surface area (Å²) >= 11 is 9.38. The average molecular weight is 529 g/mol. The summed E-state index contributed by atoms with van der Waals surface area (Å²) in [5.74, 6) is 0.0314. The topological polar surface area (TPSA) is 86.3 Å². The van der Waals surface area contributed by atoms with Crippen LogP contribution in [0.2, 0.25) is 5.02 Å². The zero-order valence-electron chi connectivity index (χ0n) is 16.4. The maximum atomic E-state index is 13.9. The standard InChI is InChI=1S/C21H20BrClFN3O3S/c22-16-6-4-13(9-18(16)24)19-11-25-21(26-19)14-5-7-17(23)20(10-14)31(29,30)27-8-2-1-3-15(28)12-27/h4-7,9-11,15,28H,1-3,8,12H2,(H,25,26). The summed E-state index contributed by atoms with van der Waals surface area (Å²) in [7, 11) is -3.89. The van der Waals surface area contributed by atoms with Crippen molar-refractivity contribution in [2.45, 2.75) is 30.3 Å². The second-order valence-electron chi connectivity index (χ2n) is 7.42. The van der Waals surface area contributed by atoms with Crippen molar-refractivity contribution in [3.8, 4) is 22.6 Å². The van der Waals surface area contributed by atoms with Gasteiger partial charge >= 0.3 is 0 Å². The Labute approximate surface area is 193 Å². The van der Waals surface area contributed by atoms with Gasteiger partial charge in [0.05, 0.1) is 21.3 Å². The van der Waals surface area contributed by atoms with Crippen molar-refractivity contribution in [1.82, 2.24) is 14.3 Å². The van der Waals surface area contributed by atoms with Gasteiger partial charge in [-0.15, -0.1) is 0 Å². The molecule has 0 spiro atoms. The lowest BCUT2D eigenvalue weighted by atomic mass is 10.2. The van der Waals surface area contributed by atoms with Crippen molar-refractivity contribution in [2.75, 3.05) is 13.1 Å². The van der Waals surface area contributed by atoms with Crippen LogP contribution in [0.5, 0.6) is 0 Å². The number of aliphatic hydroxyl groups excluding tert-OH is 1. The molecule has 10 heteroatoms. The van der Waals surface area contributed by atoms with Crippen molar-refractivity contribution in [3.63, 3.8) is 0 Å². The quantitative estimate of drug-likeness (QED) is 0.508. The lowest BCUT2D eigenvalue weighted by Crippen LogP contribution is -2.36. The van der Waals surface area contributed by atoms with E-state index in [2.05, 4.69) is 25.9 Å². The molecule has 0 amide bonds. The molecule has 1 unspecified atom stereocenters. The van der Waals surface area contributed by atoms with Gasteiger partial charge in [0.1, 0.15) is 16.5 Å². The number of H-pyrrole nitrogens is 1. The molecule has 1 fully saturated rings. The van der Waals surface area contributed by atoms with Crippen molar-refractivity contribution in [3.05, 3.63) is 57.9 Å². The highest BCUT2D eigenvalue weighted by Gasteiger charge is 2.30. The second kappa shape index (κ2) is 8.99. The number of halogens is 3. The number of aliphatic hydroxyl groups is 1. The summed E-state index contributed by atoms with van der Waals surface area (Å²) in [6.45, 7) is 0.378. The van der Waals surface area contributed by atoms with E-state index in [9.17, 15) is 17.9 Å². The highest BCUT2D eigenvalue weighted by atomic mass is 79.9. The lowest BCUT2D eigenvalue weighted by molar-refractivity contribution is 0.148. The Morgan fingerprint density at radius 3 is 2.74 bits per heavy atom. The van der Waals surface area contributed by atoms with Crippen LogP contribution in [0, 0.1) is 5.82 Å². The number of sulfonamides is 1. The summed E-state index contributed by atoms with van der Waals surface area (Å²) in [5, 5.41) is 10.1. The van der Waals surface area contributed by atoms with Crippen molar-refractivity contribution >= 4 is 37.6 Å². The van der Waals surface area contributed by atoms with Gasteiger partial charge in [0.25, 0.3) is 0 Å². The van der Waals surface area contributed by atoms with E-state index in [0.29, 0.717) is 46.5 Å². The number of hydrogen-bond acceptors (Lipinski definition) is 4. The molecule has 0 radical (unpaired) electrons. The van der Waals surface area contributed by atoms with Gasteiger partial charge in [0.2, 0.25) is 10.0 Å². The molecule has 0 aliphatic carbocycles. The fourth-order valence-corrected chi connectivity index (χ4v) is 5.83. The molecule has 0 saturated carbocycles. The smallest absolute Gasteiger partial charge is 0.244 e. The average Bonchev–Trinajstić information content (AvgIpc) is 3.12. The van der Waals surface area contributed by atoms with Gasteiger partial charge in [-0.25, -0.2) is 17.8 Å². The fraction of sp³-hybridized carbons (Fsp3) is 0.286. The monoisotopic (exact) mass is 527 g/mol. The number of hydrogen-bond donors (Lipinski definition) is 2. The first-order valence-electron chi connectivity index (χ1n) is 9.74. The van der Waals surface area contributed by atoms with E-state index in [-0.39, 0.29) is 16.5 Å². The van der Waals surface area contributed by atoms with Gasteiger partial charge in [-0.05, 0) is 65.5 Å². The van der Waals surface area contributed by atoms with Gasteiger partial charge in [0, 0.05) is 30.4 Å². The van der Waals surface area contributed by atoms with Gasteiger partial charge in [0.15, 0.2) is 0 Å². The largest absolute Gasteiger partial charge is 0.392 e. The molecule has 0 bridgehead atoms. The minimum absolute atomic E-state index is 0.0339. The Bertz CT molecular complexity index is 1220. The van der Waals surface area contributed by atoms with Crippen LogP contribution in [-0.4, -0.2) is 47.0 Å². The number of aromatic nitrogens is 2. The highest BCUT2D eigenvalue weighted by Crippen LogP contribution is 2.31. The van der Waals surface area contributed by atoms with Crippen LogP contribution in [0.3, 0.4) is 0 Å². The molecular weight excluding hydrogens is 509 g/mol. The number of β-amino-alcohol motifs (C(OH)–C–C–N with tert-alkyl or cyclic N) is 1. The van der Waals surface area contributed by atoms with E-state index < -0.39 is 21.9 Å². The molecule has 1 aliphatic rings. The molecule has 2 heterocycles. The Morgan fingerprint density at radius 1 is 1.19 bits per heavy atom. The van der Waals surface area contributed by atoms with E-state index in [1.807, 2.05) is 0 Å². The predicted molar refractivity (Wildman–Crippen MR) is 121 cm³/mol. The van der Waals surface area contributed by atoms with E-state index in [4.69, 9.17) is 11.6 Å². The fourth-order valence-electron chi connectivity index (χ4n) is 3.56. The zero-order chi connectivity index (χ0) is 22.2. The number of rotatable bonds is 4. The second-order valence-corrected chi connectivity index (χ2v) is 10.6. The Balaban J connectivity index is 1.68. The SMILES string of the molecule is O=S(=O)(c1cc(-c2nc(-c3ccc(Br)c(F)c3)c[nH]2)ccc1Cl)N1CCCCC(O)C1. The number of nitrogens with zero attached hydrogens (tertiary/aromatic N) is 2. The molecule has 6 nitrogen and oxygen atoms in total. The molecule has 31 heavy (non-hydrogen) atoms. The number of nitrogens with one attached hydrogen (secondary N) is 1. The van der Waals surface area contributed by atoms with Crippen LogP contribution in [-0.2, 0) is 10.0 Å². The summed E-state index contributed by atoms with van der Waals surface area (Å²) in [4.78, 5) is 7.46. The molecule has 2 aromatic carbocycles. The molecule has 4 rings (SSSR count). The normalized spacial score (nSPS) is 18.1. The van der Waals surface area contributed by atoms with Crippen LogP contribution in [0.25, 0.3) is 22.6 Å². The first-order valence-corrected chi connectivity index (χ1v) is 12.4. The van der Waals surface area contributed by atoms with Gasteiger partial charge in [-0.3, -0.25) is 0 Å². The minimum atomic E-state index is -3.89. The van der Waals surface area contributed by atoms with Crippen molar-refractivity contribution < 1.29 is 17.9 Å². The lowest BCUT2D eigenvalue weighted by Gasteiger charge is -2.22. The molecule has 1 aromatic heterocycles. The third-order valence-electron chi connectivity index (χ3n) is 5.22. The number of benzene rings is 2. The van der Waals surface area contributed by atoms with E-state index in [1.54, 1.807) is 24.4 Å². The first kappa shape index (κ1) is 22.4. The van der Waals surface area contributed by atoms with E-state index in [0.717, 1.165) is 6.42 Å². The van der Waals surface area contributed by atoms with E-state index >= 15 is 0 Å². The van der Waals surface area contributed by atoms with Gasteiger partial charge in [-0.2, -0.15) is 4.31 Å². The van der Waals surface area contributed by atoms with Crippen molar-refractivity contribution in [1.29, 1.82) is 0 Å². The molecular formula is C21H20BrClFN3O3S. The molecule has 1 aliphatic heterocycles. The highest BCUT2D eigenvalue weighted by molar-refractivity contribution is 9.10. The third kappa shape index (κ3) is 4.70. The molecule has 2 N–H and O–H groups in total. The zero-order valence-corrected chi connectivity index (χ0v) is 19.5. The van der Waals surface area contributed by atoms with Crippen LogP contribution < -0.4 is 0 Å². The third-order valence-corrected chi connectivity index (χ3v) is 8.21. The number of imidazole rings is 1. The summed E-state index contributed by atoms with van der Waals surface area (Å²) < 4.78 is 42.0. The maximum absolute atomic E-state index is 13.9. The van der Waals surface area contributed by atoms with Gasteiger partial charge in [-0.1, -0.05) is 17.7 Å². The first-order chi connectivity index (χ1) is 14.8. The van der Waals surface area contributed by atoms with Gasteiger partial charge < -0.3 is 10.1 Å². The molecule has 1 atom stereocenters.